The number of amides is 1. The highest BCUT2D eigenvalue weighted by atomic mass is 32.2. The molecule has 0 radical (unpaired) electrons. The normalized spacial score (nSPS) is 11.6. The van der Waals surface area contributed by atoms with Crippen molar-refractivity contribution in [3.63, 3.8) is 0 Å². The van der Waals surface area contributed by atoms with E-state index in [1.165, 1.54) is 46.5 Å². The molecule has 7 nitrogen and oxygen atoms in total. The van der Waals surface area contributed by atoms with Crippen LogP contribution >= 0.6 is 0 Å². The molecule has 2 aromatic rings. The number of rotatable bonds is 7. The van der Waals surface area contributed by atoms with Crippen molar-refractivity contribution < 1.29 is 22.7 Å². The van der Waals surface area contributed by atoms with Crippen molar-refractivity contribution in [2.45, 2.75) is 11.8 Å². The second-order valence-electron chi connectivity index (χ2n) is 6.22. The summed E-state index contributed by atoms with van der Waals surface area (Å²) in [6, 6.07) is 10.2. The average Bonchev–Trinajstić information content (AvgIpc) is 2.66. The first-order valence-corrected chi connectivity index (χ1v) is 9.87. The Bertz CT molecular complexity index is 998. The monoisotopic (exact) mass is 404 g/mol. The van der Waals surface area contributed by atoms with Crippen LogP contribution in [0, 0.1) is 6.92 Å². The number of anilines is 1. The van der Waals surface area contributed by atoms with Crippen LogP contribution in [-0.2, 0) is 14.8 Å². The van der Waals surface area contributed by atoms with Gasteiger partial charge in [-0.2, -0.15) is 0 Å². The molecule has 0 aliphatic carbocycles. The molecule has 0 unspecified atom stereocenters. The van der Waals surface area contributed by atoms with Crippen LogP contribution in [0.1, 0.15) is 11.1 Å². The van der Waals surface area contributed by atoms with Gasteiger partial charge in [-0.25, -0.2) is 12.7 Å². The van der Waals surface area contributed by atoms with E-state index in [2.05, 4.69) is 5.32 Å². The van der Waals surface area contributed by atoms with E-state index in [0.29, 0.717) is 17.0 Å². The van der Waals surface area contributed by atoms with Gasteiger partial charge >= 0.3 is 0 Å². The van der Waals surface area contributed by atoms with Gasteiger partial charge in [0.25, 0.3) is 0 Å². The minimum atomic E-state index is -3.69. The number of hydrogen-bond acceptors (Lipinski definition) is 5. The number of nitrogens with one attached hydrogen (secondary N) is 1. The molecule has 1 N–H and O–H groups in total. The zero-order chi connectivity index (χ0) is 20.9. The fourth-order valence-electron chi connectivity index (χ4n) is 2.46. The third-order valence-corrected chi connectivity index (χ3v) is 5.82. The van der Waals surface area contributed by atoms with Crippen molar-refractivity contribution in [2.24, 2.45) is 0 Å². The van der Waals surface area contributed by atoms with Crippen LogP contribution in [0.4, 0.5) is 5.69 Å². The number of carbonyl (C=O) groups excluding carboxylic acids is 1. The molecule has 1 amide bonds. The first kappa shape index (κ1) is 21.5. The Morgan fingerprint density at radius 3 is 2.29 bits per heavy atom. The van der Waals surface area contributed by atoms with Crippen molar-refractivity contribution in [3.05, 3.63) is 53.6 Å². The number of methoxy groups -OCH3 is 2. The number of benzene rings is 2. The standard InChI is InChI=1S/C20H24N2O5S/c1-14-6-9-17(26-4)16(12-14)21-20(23)11-8-15-7-10-18(27-5)19(13-15)28(24,25)22(2)3/h6-13H,1-5H3,(H,21,23)/b11-8+. The van der Waals surface area contributed by atoms with E-state index in [1.807, 2.05) is 13.0 Å². The Balaban J connectivity index is 2.27. The van der Waals surface area contributed by atoms with Gasteiger partial charge in [0, 0.05) is 20.2 Å². The fraction of sp³-hybridized carbons (Fsp3) is 0.250. The van der Waals surface area contributed by atoms with E-state index in [-0.39, 0.29) is 16.6 Å². The number of nitrogens with zero attached hydrogens (tertiary/aromatic N) is 1. The molecule has 8 heteroatoms. The highest BCUT2D eigenvalue weighted by Crippen LogP contribution is 2.28. The summed E-state index contributed by atoms with van der Waals surface area (Å²) in [7, 11) is 2.14. The van der Waals surface area contributed by atoms with Gasteiger partial charge in [-0.3, -0.25) is 4.79 Å². The van der Waals surface area contributed by atoms with E-state index >= 15 is 0 Å². The minimum absolute atomic E-state index is 0.0305. The fourth-order valence-corrected chi connectivity index (χ4v) is 3.55. The second-order valence-corrected chi connectivity index (χ2v) is 8.34. The van der Waals surface area contributed by atoms with Crippen LogP contribution in [0.5, 0.6) is 11.5 Å². The lowest BCUT2D eigenvalue weighted by Crippen LogP contribution is -2.22. The number of aryl methyl sites for hydroxylation is 1. The molecule has 0 fully saturated rings. The van der Waals surface area contributed by atoms with Crippen molar-refractivity contribution in [1.29, 1.82) is 0 Å². The lowest BCUT2D eigenvalue weighted by molar-refractivity contribution is -0.111. The predicted octanol–water partition coefficient (Wildman–Crippen LogP) is 2.91. The van der Waals surface area contributed by atoms with Gasteiger partial charge in [0.15, 0.2) is 0 Å². The zero-order valence-electron chi connectivity index (χ0n) is 16.5. The van der Waals surface area contributed by atoms with E-state index < -0.39 is 10.0 Å². The van der Waals surface area contributed by atoms with Crippen LogP contribution < -0.4 is 14.8 Å². The Kier molecular flexibility index (Phi) is 6.82. The molecule has 0 aromatic heterocycles. The number of sulfonamides is 1. The molecule has 0 aliphatic heterocycles. The molecule has 0 spiro atoms. The van der Waals surface area contributed by atoms with Crippen LogP contribution in [0.15, 0.2) is 47.4 Å². The van der Waals surface area contributed by atoms with Gasteiger partial charge in [0.05, 0.1) is 19.9 Å². The molecule has 150 valence electrons. The lowest BCUT2D eigenvalue weighted by atomic mass is 10.2. The summed E-state index contributed by atoms with van der Waals surface area (Å²) in [5.74, 6) is 0.424. The van der Waals surface area contributed by atoms with Crippen molar-refractivity contribution in [1.82, 2.24) is 4.31 Å². The molecular weight excluding hydrogens is 380 g/mol. The average molecular weight is 404 g/mol. The van der Waals surface area contributed by atoms with Gasteiger partial charge in [-0.05, 0) is 48.4 Å². The van der Waals surface area contributed by atoms with Crippen LogP contribution in [-0.4, -0.2) is 46.9 Å². The summed E-state index contributed by atoms with van der Waals surface area (Å²) in [4.78, 5) is 12.3. The van der Waals surface area contributed by atoms with Crippen LogP contribution in [0.25, 0.3) is 6.08 Å². The predicted molar refractivity (Wildman–Crippen MR) is 109 cm³/mol. The molecule has 2 aromatic carbocycles. The maximum Gasteiger partial charge on any atom is 0.248 e. The van der Waals surface area contributed by atoms with Crippen molar-refractivity contribution in [2.75, 3.05) is 33.6 Å². The van der Waals surface area contributed by atoms with Crippen molar-refractivity contribution in [3.8, 4) is 11.5 Å². The Morgan fingerprint density at radius 2 is 1.68 bits per heavy atom. The van der Waals surface area contributed by atoms with Gasteiger partial charge < -0.3 is 14.8 Å². The Morgan fingerprint density at radius 1 is 1.04 bits per heavy atom. The summed E-state index contributed by atoms with van der Waals surface area (Å²) in [5, 5.41) is 2.76. The molecule has 28 heavy (non-hydrogen) atoms. The largest absolute Gasteiger partial charge is 0.495 e. The zero-order valence-corrected chi connectivity index (χ0v) is 17.3. The van der Waals surface area contributed by atoms with E-state index in [0.717, 1.165) is 9.87 Å². The van der Waals surface area contributed by atoms with E-state index in [9.17, 15) is 13.2 Å². The molecule has 0 aliphatic rings. The molecule has 0 atom stereocenters. The number of ether oxygens (including phenoxy) is 2. The first-order chi connectivity index (χ1) is 13.2. The summed E-state index contributed by atoms with van der Waals surface area (Å²) in [6.45, 7) is 1.91. The summed E-state index contributed by atoms with van der Waals surface area (Å²) in [6.07, 6.45) is 2.86. The quantitative estimate of drug-likeness (QED) is 0.717. The lowest BCUT2D eigenvalue weighted by Gasteiger charge is -2.15. The summed E-state index contributed by atoms with van der Waals surface area (Å²) < 4.78 is 36.5. The third kappa shape index (κ3) is 4.90. The Hall–Kier alpha value is -2.84. The topological polar surface area (TPSA) is 84.9 Å². The first-order valence-electron chi connectivity index (χ1n) is 8.43. The maximum atomic E-state index is 12.5. The summed E-state index contributed by atoms with van der Waals surface area (Å²) in [5.41, 5.74) is 2.09. The second kappa shape index (κ2) is 8.90. The van der Waals surface area contributed by atoms with Gasteiger partial charge in [-0.1, -0.05) is 12.1 Å². The van der Waals surface area contributed by atoms with E-state index in [4.69, 9.17) is 9.47 Å². The highest BCUT2D eigenvalue weighted by molar-refractivity contribution is 7.89. The van der Waals surface area contributed by atoms with Gasteiger partial charge in [0.1, 0.15) is 16.4 Å². The molecule has 0 bridgehead atoms. The van der Waals surface area contributed by atoms with Crippen LogP contribution in [0.3, 0.4) is 0 Å². The maximum absolute atomic E-state index is 12.5. The summed E-state index contributed by atoms with van der Waals surface area (Å²) >= 11 is 0. The van der Waals surface area contributed by atoms with Crippen LogP contribution in [0.2, 0.25) is 0 Å². The molecular formula is C20H24N2O5S. The third-order valence-electron chi connectivity index (χ3n) is 3.99. The van der Waals surface area contributed by atoms with Gasteiger partial charge in [-0.15, -0.1) is 0 Å². The molecule has 0 saturated heterocycles. The number of carbonyl (C=O) groups is 1. The highest BCUT2D eigenvalue weighted by Gasteiger charge is 2.22. The minimum Gasteiger partial charge on any atom is -0.495 e. The molecule has 0 heterocycles. The van der Waals surface area contributed by atoms with E-state index in [1.54, 1.807) is 24.3 Å². The molecule has 2 rings (SSSR count). The smallest absolute Gasteiger partial charge is 0.248 e. The Labute approximate surface area is 165 Å². The SMILES string of the molecule is COc1ccc(C)cc1NC(=O)/C=C/c1ccc(OC)c(S(=O)(=O)N(C)C)c1. The van der Waals surface area contributed by atoms with Crippen molar-refractivity contribution >= 4 is 27.7 Å². The molecule has 0 saturated carbocycles. The number of hydrogen-bond donors (Lipinski definition) is 1. The van der Waals surface area contributed by atoms with Gasteiger partial charge in [0.2, 0.25) is 15.9 Å².